The molecule has 0 bridgehead atoms. The summed E-state index contributed by atoms with van der Waals surface area (Å²) in [5, 5.41) is 5.95. The lowest BCUT2D eigenvalue weighted by atomic mass is 9.92. The molecule has 1 aliphatic heterocycles. The van der Waals surface area contributed by atoms with E-state index in [1.807, 2.05) is 5.32 Å². The fraction of sp³-hybridized carbons (Fsp3) is 0.588. The molecule has 0 saturated heterocycles. The fourth-order valence-electron chi connectivity index (χ4n) is 3.09. The quantitative estimate of drug-likeness (QED) is 0.542. The predicted molar refractivity (Wildman–Crippen MR) is 93.8 cm³/mol. The Balaban J connectivity index is 1.65. The van der Waals surface area contributed by atoms with Gasteiger partial charge in [0.05, 0.1) is 17.1 Å². The maximum absolute atomic E-state index is 13.2. The lowest BCUT2D eigenvalue weighted by Gasteiger charge is -2.28. The largest absolute Gasteiger partial charge is 0.593 e. The number of aromatic nitrogens is 2. The summed E-state index contributed by atoms with van der Waals surface area (Å²) in [6.07, 6.45) is -0.0634. The molecule has 2 saturated carbocycles. The van der Waals surface area contributed by atoms with E-state index in [4.69, 9.17) is 0 Å². The Bertz CT molecular complexity index is 830. The summed E-state index contributed by atoms with van der Waals surface area (Å²) >= 11 is -1.66. The minimum atomic E-state index is -4.66. The van der Waals surface area contributed by atoms with Gasteiger partial charge in [0.25, 0.3) is 11.8 Å². The van der Waals surface area contributed by atoms with Crippen molar-refractivity contribution in [2.45, 2.75) is 56.1 Å². The highest BCUT2D eigenvalue weighted by Gasteiger charge is 2.47. The van der Waals surface area contributed by atoms with Crippen molar-refractivity contribution in [3.63, 3.8) is 0 Å². The first-order valence-corrected chi connectivity index (χ1v) is 10.3. The van der Waals surface area contributed by atoms with Gasteiger partial charge >= 0.3 is 6.18 Å². The third-order valence-electron chi connectivity index (χ3n) is 4.98. The van der Waals surface area contributed by atoms with Crippen LogP contribution < -0.4 is 10.0 Å². The van der Waals surface area contributed by atoms with Crippen molar-refractivity contribution in [2.24, 2.45) is 5.92 Å². The van der Waals surface area contributed by atoms with Crippen molar-refractivity contribution in [1.82, 2.24) is 19.8 Å². The van der Waals surface area contributed by atoms with Gasteiger partial charge in [-0.05, 0) is 24.8 Å². The first-order valence-electron chi connectivity index (χ1n) is 9.08. The van der Waals surface area contributed by atoms with Gasteiger partial charge < -0.3 is 9.87 Å². The molecule has 1 aromatic heterocycles. The second-order valence-corrected chi connectivity index (χ2v) is 8.89. The molecule has 2 aliphatic carbocycles. The summed E-state index contributed by atoms with van der Waals surface area (Å²) in [6.45, 7) is 0.648. The highest BCUT2D eigenvalue weighted by Crippen LogP contribution is 2.35. The first-order chi connectivity index (χ1) is 13.2. The van der Waals surface area contributed by atoms with E-state index in [0.717, 1.165) is 12.8 Å². The normalized spacial score (nSPS) is 24.1. The van der Waals surface area contributed by atoms with Crippen LogP contribution in [-0.2, 0) is 27.5 Å². The third kappa shape index (κ3) is 4.19. The van der Waals surface area contributed by atoms with Gasteiger partial charge in [0.1, 0.15) is 16.9 Å². The summed E-state index contributed by atoms with van der Waals surface area (Å²) in [5.41, 5.74) is -0.371. The van der Waals surface area contributed by atoms with Crippen LogP contribution in [-0.4, -0.2) is 43.6 Å². The zero-order valence-electron chi connectivity index (χ0n) is 14.8. The van der Waals surface area contributed by atoms with Crippen LogP contribution >= 0.6 is 0 Å². The van der Waals surface area contributed by atoms with Crippen molar-refractivity contribution in [1.29, 1.82) is 0 Å². The molecule has 11 heteroatoms. The number of nitrogens with zero attached hydrogens (tertiary/aromatic N) is 2. The number of carbonyl (C=O) groups excluding carboxylic acids is 2. The maximum Gasteiger partial charge on any atom is 0.408 e. The van der Waals surface area contributed by atoms with Gasteiger partial charge in [0.15, 0.2) is 0 Å². The van der Waals surface area contributed by atoms with Gasteiger partial charge in [0, 0.05) is 37.6 Å². The van der Waals surface area contributed by atoms with Gasteiger partial charge in [-0.1, -0.05) is 0 Å². The van der Waals surface area contributed by atoms with Crippen molar-refractivity contribution in [2.75, 3.05) is 0 Å². The van der Waals surface area contributed by atoms with Gasteiger partial charge in [-0.25, -0.2) is 0 Å². The Hall–Kier alpha value is -2.01. The van der Waals surface area contributed by atoms with Gasteiger partial charge in [-0.3, -0.25) is 14.3 Å². The molecule has 2 atom stereocenters. The molecule has 4 rings (SSSR count). The van der Waals surface area contributed by atoms with E-state index in [0.29, 0.717) is 25.3 Å². The van der Waals surface area contributed by atoms with Crippen molar-refractivity contribution < 1.29 is 27.3 Å². The predicted octanol–water partition coefficient (Wildman–Crippen LogP) is 1.44. The van der Waals surface area contributed by atoms with Crippen LogP contribution in [0.5, 0.6) is 0 Å². The summed E-state index contributed by atoms with van der Waals surface area (Å²) < 4.78 is 55.5. The highest BCUT2D eigenvalue weighted by atomic mass is 32.2. The number of hydrogen-bond donors (Lipinski definition) is 2. The molecule has 2 unspecified atom stereocenters. The molecule has 2 heterocycles. The zero-order valence-corrected chi connectivity index (χ0v) is 15.6. The summed E-state index contributed by atoms with van der Waals surface area (Å²) in [7, 11) is 0. The number of hydrogen-bond acceptors (Lipinski definition) is 4. The zero-order chi connectivity index (χ0) is 20.1. The van der Waals surface area contributed by atoms with E-state index >= 15 is 0 Å². The smallest absolute Gasteiger partial charge is 0.408 e. The number of nitrogens with one attached hydrogen (secondary N) is 2. The van der Waals surface area contributed by atoms with Crippen molar-refractivity contribution in [3.05, 3.63) is 23.5 Å². The summed E-state index contributed by atoms with van der Waals surface area (Å²) in [6, 6.07) is -0.594. The molecule has 2 amide bonds. The Morgan fingerprint density at radius 2 is 2.07 bits per heavy atom. The second-order valence-electron chi connectivity index (χ2n) is 7.42. The average Bonchev–Trinajstić information content (AvgIpc) is 3.52. The SMILES string of the molecule is O=C1NC(C(F)(F)F)CC(c2ccn(CC3CC3)n2)=C1C(=O)N[S+]([O-])C1CC1. The van der Waals surface area contributed by atoms with Crippen LogP contribution in [0.15, 0.2) is 17.8 Å². The molecule has 7 nitrogen and oxygen atoms in total. The third-order valence-corrected chi connectivity index (χ3v) is 6.44. The van der Waals surface area contributed by atoms with Crippen molar-refractivity contribution >= 4 is 28.7 Å². The molecular formula is C17H19F3N4O3S. The summed E-state index contributed by atoms with van der Waals surface area (Å²) in [5.74, 6) is -1.57. The molecule has 152 valence electrons. The van der Waals surface area contributed by atoms with Crippen LogP contribution in [0.2, 0.25) is 0 Å². The van der Waals surface area contributed by atoms with Gasteiger partial charge in [0.2, 0.25) is 0 Å². The van der Waals surface area contributed by atoms with E-state index in [-0.39, 0.29) is 16.5 Å². The highest BCUT2D eigenvalue weighted by molar-refractivity contribution is 7.91. The number of carbonyl (C=O) groups is 2. The summed E-state index contributed by atoms with van der Waals surface area (Å²) in [4.78, 5) is 24.9. The Morgan fingerprint density at radius 3 is 2.68 bits per heavy atom. The van der Waals surface area contributed by atoms with E-state index in [9.17, 15) is 27.3 Å². The molecule has 3 aliphatic rings. The monoisotopic (exact) mass is 416 g/mol. The molecule has 28 heavy (non-hydrogen) atoms. The fourth-order valence-corrected chi connectivity index (χ4v) is 4.11. The van der Waals surface area contributed by atoms with Crippen LogP contribution in [0.4, 0.5) is 13.2 Å². The molecule has 0 spiro atoms. The topological polar surface area (TPSA) is 99.1 Å². The maximum atomic E-state index is 13.2. The molecule has 1 aromatic rings. The Morgan fingerprint density at radius 1 is 1.36 bits per heavy atom. The van der Waals surface area contributed by atoms with E-state index in [1.54, 1.807) is 10.9 Å². The number of rotatable bonds is 6. The van der Waals surface area contributed by atoms with Crippen LogP contribution in [0.3, 0.4) is 0 Å². The number of halogens is 3. The number of alkyl halides is 3. The average molecular weight is 416 g/mol. The standard InChI is InChI=1S/C17H19F3N4O3S/c18-17(19,20)13-7-11(12-5-6-24(22-12)8-9-1-2-9)14(15(25)21-13)16(26)23-28(27)10-3-4-10/h5-6,9-10,13H,1-4,7-8H2,(H,21,25)(H,23,26). The minimum Gasteiger partial charge on any atom is -0.593 e. The minimum absolute atomic E-state index is 0.0779. The number of amides is 2. The van der Waals surface area contributed by atoms with E-state index < -0.39 is 47.4 Å². The molecule has 2 fully saturated rings. The van der Waals surface area contributed by atoms with Gasteiger partial charge in [-0.2, -0.15) is 23.0 Å². The van der Waals surface area contributed by atoms with Crippen LogP contribution in [0, 0.1) is 5.92 Å². The molecule has 0 aromatic carbocycles. The lowest BCUT2D eigenvalue weighted by Crippen LogP contribution is -2.51. The lowest BCUT2D eigenvalue weighted by molar-refractivity contribution is -0.161. The second kappa shape index (κ2) is 7.11. The first kappa shape index (κ1) is 19.3. The van der Waals surface area contributed by atoms with Crippen LogP contribution in [0.25, 0.3) is 5.57 Å². The Labute approximate surface area is 162 Å². The molecular weight excluding hydrogens is 397 g/mol. The van der Waals surface area contributed by atoms with Crippen LogP contribution in [0.1, 0.15) is 37.8 Å². The van der Waals surface area contributed by atoms with E-state index in [2.05, 4.69) is 9.82 Å². The Kier molecular flexibility index (Phi) is 4.90. The van der Waals surface area contributed by atoms with E-state index in [1.165, 1.54) is 6.07 Å². The molecule has 0 radical (unpaired) electrons. The van der Waals surface area contributed by atoms with Gasteiger partial charge in [-0.15, -0.1) is 0 Å². The van der Waals surface area contributed by atoms with Crippen molar-refractivity contribution in [3.8, 4) is 0 Å². The molecule has 2 N–H and O–H groups in total.